The molecule has 39 heavy (non-hydrogen) atoms. The van der Waals surface area contributed by atoms with Crippen LogP contribution < -0.4 is 10.6 Å². The molecule has 3 aromatic rings. The number of rotatable bonds is 9. The number of hydrogen-bond donors (Lipinski definition) is 2. The molecule has 1 unspecified atom stereocenters. The largest absolute Gasteiger partial charge is 0.352 e. The number of urea groups is 1. The van der Waals surface area contributed by atoms with Gasteiger partial charge in [-0.05, 0) is 69.4 Å². The molecule has 0 bridgehead atoms. The average molecular weight is 549 g/mol. The van der Waals surface area contributed by atoms with E-state index < -0.39 is 0 Å². The van der Waals surface area contributed by atoms with E-state index in [1.54, 1.807) is 37.5 Å². The molecule has 1 saturated heterocycles. The minimum absolute atomic E-state index is 0.0958. The Morgan fingerprint density at radius 3 is 2.46 bits per heavy atom. The Labute approximate surface area is 235 Å². The van der Waals surface area contributed by atoms with E-state index in [4.69, 9.17) is 11.6 Å². The van der Waals surface area contributed by atoms with Gasteiger partial charge in [0.05, 0.1) is 11.3 Å². The van der Waals surface area contributed by atoms with Gasteiger partial charge in [0.1, 0.15) is 5.15 Å². The summed E-state index contributed by atoms with van der Waals surface area (Å²) in [5.74, 6) is -0.114. The maximum Gasteiger partial charge on any atom is 0.322 e. The molecule has 2 aromatic heterocycles. The Balaban J connectivity index is 1.31. The summed E-state index contributed by atoms with van der Waals surface area (Å²) in [5.41, 5.74) is 3.90. The fourth-order valence-electron chi connectivity index (χ4n) is 5.21. The van der Waals surface area contributed by atoms with Crippen LogP contribution in [-0.2, 0) is 6.54 Å². The highest BCUT2D eigenvalue weighted by atomic mass is 35.5. The van der Waals surface area contributed by atoms with Crippen LogP contribution in [0.2, 0.25) is 5.15 Å². The summed E-state index contributed by atoms with van der Waals surface area (Å²) in [6.07, 6.45) is 5.97. The number of aryl methyl sites for hydroxylation is 2. The third kappa shape index (κ3) is 7.77. The predicted molar refractivity (Wildman–Crippen MR) is 155 cm³/mol. The second kappa shape index (κ2) is 13.5. The first-order chi connectivity index (χ1) is 18.8. The number of benzene rings is 1. The molecule has 1 aliphatic rings. The van der Waals surface area contributed by atoms with Gasteiger partial charge in [0, 0.05) is 56.3 Å². The highest BCUT2D eigenvalue weighted by Gasteiger charge is 2.30. The molecule has 8 nitrogen and oxygen atoms in total. The summed E-state index contributed by atoms with van der Waals surface area (Å²) in [5, 5.41) is 6.48. The summed E-state index contributed by atoms with van der Waals surface area (Å²) >= 11 is 6.01. The first-order valence-electron chi connectivity index (χ1n) is 13.5. The molecule has 0 radical (unpaired) electrons. The highest BCUT2D eigenvalue weighted by Crippen LogP contribution is 2.23. The second-order valence-corrected chi connectivity index (χ2v) is 10.5. The van der Waals surface area contributed by atoms with Gasteiger partial charge in [-0.15, -0.1) is 0 Å². The summed E-state index contributed by atoms with van der Waals surface area (Å²) < 4.78 is 0. The van der Waals surface area contributed by atoms with E-state index in [0.29, 0.717) is 35.5 Å². The average Bonchev–Trinajstić information content (AvgIpc) is 2.92. The van der Waals surface area contributed by atoms with Gasteiger partial charge in [0.15, 0.2) is 0 Å². The second-order valence-electron chi connectivity index (χ2n) is 10.2. The zero-order valence-electron chi connectivity index (χ0n) is 22.9. The van der Waals surface area contributed by atoms with Crippen molar-refractivity contribution in [1.82, 2.24) is 25.1 Å². The maximum atomic E-state index is 13.3. The number of likely N-dealkylation sites (tertiary alicyclic amines) is 1. The molecule has 3 heterocycles. The number of halogens is 1. The van der Waals surface area contributed by atoms with Gasteiger partial charge in [-0.3, -0.25) is 9.78 Å². The Bertz CT molecular complexity index is 1230. The molecule has 1 fully saturated rings. The summed E-state index contributed by atoms with van der Waals surface area (Å²) in [6.45, 7) is 8.81. The lowest BCUT2D eigenvalue weighted by atomic mass is 10.00. The lowest BCUT2D eigenvalue weighted by Gasteiger charge is -2.40. The van der Waals surface area contributed by atoms with Crippen LogP contribution >= 0.6 is 11.6 Å². The van der Waals surface area contributed by atoms with E-state index in [1.807, 2.05) is 30.0 Å². The standard InChI is InChI=1S/C30H37ClN6O2/c1-21-19-27(31)34-23(3)28(21)29(38)33-16-9-22(2)36-17-12-26(13-18-36)37(20-24-7-5-4-6-8-24)30(39)35-25-10-14-32-15-11-25/h4-8,10-11,14-15,19,22,26H,9,12-13,16-18,20H2,1-3H3,(H,33,38)(H,32,35,39). The van der Waals surface area contributed by atoms with Gasteiger partial charge in [-0.2, -0.15) is 0 Å². The van der Waals surface area contributed by atoms with Crippen molar-refractivity contribution >= 4 is 29.2 Å². The number of amides is 3. The van der Waals surface area contributed by atoms with Crippen LogP contribution in [0, 0.1) is 13.8 Å². The number of piperidine rings is 1. The summed E-state index contributed by atoms with van der Waals surface area (Å²) in [6, 6.07) is 15.8. The van der Waals surface area contributed by atoms with Crippen molar-refractivity contribution < 1.29 is 9.59 Å². The van der Waals surface area contributed by atoms with Crippen molar-refractivity contribution in [2.24, 2.45) is 0 Å². The van der Waals surface area contributed by atoms with E-state index in [9.17, 15) is 9.59 Å². The van der Waals surface area contributed by atoms with Crippen LogP contribution in [0.25, 0.3) is 0 Å². The molecule has 4 rings (SSSR count). The van der Waals surface area contributed by atoms with Crippen LogP contribution in [0.3, 0.4) is 0 Å². The van der Waals surface area contributed by atoms with Gasteiger partial charge in [0.2, 0.25) is 0 Å². The normalized spacial score (nSPS) is 15.0. The van der Waals surface area contributed by atoms with Crippen LogP contribution in [0.1, 0.15) is 53.4 Å². The Morgan fingerprint density at radius 1 is 1.10 bits per heavy atom. The lowest BCUT2D eigenvalue weighted by molar-refractivity contribution is 0.0918. The Hall–Kier alpha value is -3.49. The summed E-state index contributed by atoms with van der Waals surface area (Å²) in [4.78, 5) is 38.8. The minimum Gasteiger partial charge on any atom is -0.352 e. The van der Waals surface area contributed by atoms with Crippen molar-refractivity contribution in [3.8, 4) is 0 Å². The van der Waals surface area contributed by atoms with E-state index >= 15 is 0 Å². The van der Waals surface area contributed by atoms with Crippen LogP contribution in [0.4, 0.5) is 10.5 Å². The van der Waals surface area contributed by atoms with Crippen molar-refractivity contribution in [2.45, 2.75) is 58.7 Å². The van der Waals surface area contributed by atoms with Gasteiger partial charge in [0.25, 0.3) is 5.91 Å². The minimum atomic E-state index is -0.114. The predicted octanol–water partition coefficient (Wildman–Crippen LogP) is 5.45. The fraction of sp³-hybridized carbons (Fsp3) is 0.400. The number of pyridine rings is 2. The van der Waals surface area contributed by atoms with Gasteiger partial charge in [-0.1, -0.05) is 41.9 Å². The van der Waals surface area contributed by atoms with Crippen LogP contribution in [-0.4, -0.2) is 63.4 Å². The van der Waals surface area contributed by atoms with Crippen molar-refractivity contribution in [2.75, 3.05) is 25.0 Å². The van der Waals surface area contributed by atoms with Crippen molar-refractivity contribution in [1.29, 1.82) is 0 Å². The molecule has 206 valence electrons. The van der Waals surface area contributed by atoms with Gasteiger partial charge >= 0.3 is 6.03 Å². The number of hydrogen-bond acceptors (Lipinski definition) is 5. The van der Waals surface area contributed by atoms with E-state index in [0.717, 1.165) is 49.2 Å². The number of carbonyl (C=O) groups is 2. The molecule has 3 amide bonds. The van der Waals surface area contributed by atoms with E-state index in [-0.39, 0.29) is 18.0 Å². The smallest absolute Gasteiger partial charge is 0.322 e. The third-order valence-corrected chi connectivity index (χ3v) is 7.59. The van der Waals surface area contributed by atoms with Gasteiger partial charge < -0.3 is 20.4 Å². The van der Waals surface area contributed by atoms with Crippen molar-refractivity contribution in [3.05, 3.63) is 88.5 Å². The first-order valence-corrected chi connectivity index (χ1v) is 13.9. The molecular formula is C30H37ClN6O2. The number of anilines is 1. The lowest BCUT2D eigenvalue weighted by Crippen LogP contribution is -2.50. The topological polar surface area (TPSA) is 90.5 Å². The molecule has 1 aromatic carbocycles. The molecule has 0 aliphatic carbocycles. The molecule has 1 aliphatic heterocycles. The maximum absolute atomic E-state index is 13.3. The van der Waals surface area contributed by atoms with Crippen LogP contribution in [0.5, 0.6) is 0 Å². The quantitative estimate of drug-likeness (QED) is 0.347. The molecule has 0 saturated carbocycles. The Kier molecular flexibility index (Phi) is 9.90. The van der Waals surface area contributed by atoms with Crippen molar-refractivity contribution in [3.63, 3.8) is 0 Å². The molecule has 9 heteroatoms. The van der Waals surface area contributed by atoms with Crippen LogP contribution in [0.15, 0.2) is 60.9 Å². The number of aromatic nitrogens is 2. The zero-order chi connectivity index (χ0) is 27.8. The monoisotopic (exact) mass is 548 g/mol. The number of nitrogens with zero attached hydrogens (tertiary/aromatic N) is 4. The fourth-order valence-corrected chi connectivity index (χ4v) is 5.50. The third-order valence-electron chi connectivity index (χ3n) is 7.39. The van der Waals surface area contributed by atoms with E-state index in [2.05, 4.69) is 44.6 Å². The van der Waals surface area contributed by atoms with E-state index in [1.165, 1.54) is 0 Å². The molecule has 2 N–H and O–H groups in total. The SMILES string of the molecule is Cc1cc(Cl)nc(C)c1C(=O)NCCC(C)N1CCC(N(Cc2ccccc2)C(=O)Nc2ccncc2)CC1. The number of nitrogens with one attached hydrogen (secondary N) is 2. The molecule has 1 atom stereocenters. The number of carbonyl (C=O) groups excluding carboxylic acids is 2. The highest BCUT2D eigenvalue weighted by molar-refractivity contribution is 6.29. The molecular weight excluding hydrogens is 512 g/mol. The molecule has 0 spiro atoms. The first kappa shape index (κ1) is 28.5. The zero-order valence-corrected chi connectivity index (χ0v) is 23.6. The summed E-state index contributed by atoms with van der Waals surface area (Å²) in [7, 11) is 0. The Morgan fingerprint density at radius 2 is 1.79 bits per heavy atom. The van der Waals surface area contributed by atoms with Gasteiger partial charge in [-0.25, -0.2) is 9.78 Å².